The highest BCUT2D eigenvalue weighted by molar-refractivity contribution is 9.10. The van der Waals surface area contributed by atoms with Crippen molar-refractivity contribution in [3.8, 4) is 0 Å². The van der Waals surface area contributed by atoms with Crippen LogP contribution in [0.5, 0.6) is 0 Å². The normalized spacial score (nSPS) is 12.7. The summed E-state index contributed by atoms with van der Waals surface area (Å²) in [4.78, 5) is 0. The second kappa shape index (κ2) is 6.87. The van der Waals surface area contributed by atoms with Crippen molar-refractivity contribution in [3.63, 3.8) is 0 Å². The summed E-state index contributed by atoms with van der Waals surface area (Å²) in [7, 11) is 0. The molecule has 0 aromatic heterocycles. The molecule has 0 aliphatic heterocycles. The van der Waals surface area contributed by atoms with Crippen molar-refractivity contribution < 1.29 is 4.74 Å². The Morgan fingerprint density at radius 3 is 2.32 bits per heavy atom. The summed E-state index contributed by atoms with van der Waals surface area (Å²) in [5.74, 6) is 0. The van der Waals surface area contributed by atoms with E-state index in [1.807, 2.05) is 18.2 Å². The topological polar surface area (TPSA) is 21.3 Å². The third-order valence-corrected chi connectivity index (χ3v) is 3.58. The van der Waals surface area contributed by atoms with Crippen LogP contribution in [0.15, 0.2) is 28.7 Å². The summed E-state index contributed by atoms with van der Waals surface area (Å²) in [5, 5.41) is 3.53. The summed E-state index contributed by atoms with van der Waals surface area (Å²) < 4.78 is 6.97. The maximum atomic E-state index is 5.86. The maximum absolute atomic E-state index is 5.86. The minimum absolute atomic E-state index is 0.133. The van der Waals surface area contributed by atoms with Crippen LogP contribution in [0.1, 0.15) is 40.2 Å². The molecule has 0 aliphatic rings. The molecule has 1 rings (SSSR count). The average Bonchev–Trinajstić information content (AvgIpc) is 2.28. The first-order valence-electron chi connectivity index (χ1n) is 6.76. The van der Waals surface area contributed by atoms with Crippen LogP contribution >= 0.6 is 15.9 Å². The monoisotopic (exact) mass is 327 g/mol. The summed E-state index contributed by atoms with van der Waals surface area (Å²) in [6, 6.07) is 8.19. The van der Waals surface area contributed by atoms with Gasteiger partial charge < -0.3 is 10.1 Å². The van der Waals surface area contributed by atoms with E-state index in [2.05, 4.69) is 61.9 Å². The van der Waals surface area contributed by atoms with E-state index in [0.717, 1.165) is 17.6 Å². The second-order valence-electron chi connectivity index (χ2n) is 6.85. The van der Waals surface area contributed by atoms with Crippen LogP contribution in [0.25, 0.3) is 0 Å². The third kappa shape index (κ3) is 7.09. The molecule has 1 aromatic rings. The standard InChI is InChI=1S/C16H26BrNO/c1-15(2,3)18-11-16(4,5)12-19-10-13-8-6-7-9-14(13)17/h6-9,18H,10-12H2,1-5H3. The van der Waals surface area contributed by atoms with Gasteiger partial charge in [0.25, 0.3) is 0 Å². The van der Waals surface area contributed by atoms with Gasteiger partial charge in [-0.3, -0.25) is 0 Å². The number of benzene rings is 1. The van der Waals surface area contributed by atoms with Gasteiger partial charge >= 0.3 is 0 Å². The SMILES string of the molecule is CC(C)(CNC(C)(C)C)COCc1ccccc1Br. The van der Waals surface area contributed by atoms with E-state index in [1.165, 1.54) is 5.56 Å². The van der Waals surface area contributed by atoms with E-state index in [9.17, 15) is 0 Å². The van der Waals surface area contributed by atoms with Crippen LogP contribution in [0.2, 0.25) is 0 Å². The second-order valence-corrected chi connectivity index (χ2v) is 7.71. The molecule has 0 fully saturated rings. The van der Waals surface area contributed by atoms with Gasteiger partial charge in [-0.2, -0.15) is 0 Å². The molecular weight excluding hydrogens is 302 g/mol. The van der Waals surface area contributed by atoms with E-state index in [4.69, 9.17) is 4.74 Å². The van der Waals surface area contributed by atoms with Crippen LogP contribution in [0.3, 0.4) is 0 Å². The fourth-order valence-corrected chi connectivity index (χ4v) is 2.01. The van der Waals surface area contributed by atoms with Crippen molar-refractivity contribution in [1.29, 1.82) is 0 Å². The first kappa shape index (κ1) is 16.7. The molecule has 19 heavy (non-hydrogen) atoms. The van der Waals surface area contributed by atoms with Crippen molar-refractivity contribution in [2.24, 2.45) is 5.41 Å². The lowest BCUT2D eigenvalue weighted by molar-refractivity contribution is 0.0481. The fourth-order valence-electron chi connectivity index (χ4n) is 1.61. The van der Waals surface area contributed by atoms with Gasteiger partial charge in [0, 0.05) is 22.0 Å². The number of hydrogen-bond donors (Lipinski definition) is 1. The molecule has 1 aromatic carbocycles. The van der Waals surface area contributed by atoms with Crippen molar-refractivity contribution in [1.82, 2.24) is 5.32 Å². The molecule has 0 saturated heterocycles. The predicted octanol–water partition coefficient (Wildman–Crippen LogP) is 4.38. The third-order valence-electron chi connectivity index (χ3n) is 2.81. The molecular formula is C16H26BrNO. The predicted molar refractivity (Wildman–Crippen MR) is 85.3 cm³/mol. The Morgan fingerprint density at radius 2 is 1.74 bits per heavy atom. The molecule has 0 bridgehead atoms. The minimum atomic E-state index is 0.133. The van der Waals surface area contributed by atoms with Gasteiger partial charge in [-0.15, -0.1) is 0 Å². The molecule has 0 spiro atoms. The average molecular weight is 328 g/mol. The van der Waals surface area contributed by atoms with E-state index >= 15 is 0 Å². The molecule has 1 N–H and O–H groups in total. The minimum Gasteiger partial charge on any atom is -0.376 e. The molecule has 0 atom stereocenters. The smallest absolute Gasteiger partial charge is 0.0728 e. The first-order chi connectivity index (χ1) is 8.70. The van der Waals surface area contributed by atoms with Crippen LogP contribution in [-0.2, 0) is 11.3 Å². The summed E-state index contributed by atoms with van der Waals surface area (Å²) >= 11 is 3.54. The molecule has 108 valence electrons. The molecule has 0 amide bonds. The van der Waals surface area contributed by atoms with Gasteiger partial charge in [-0.1, -0.05) is 48.0 Å². The Labute approximate surface area is 126 Å². The van der Waals surface area contributed by atoms with Gasteiger partial charge in [0.05, 0.1) is 13.2 Å². The lowest BCUT2D eigenvalue weighted by Gasteiger charge is -2.30. The number of ether oxygens (including phenoxy) is 1. The van der Waals surface area contributed by atoms with Gasteiger partial charge in [0.2, 0.25) is 0 Å². The summed E-state index contributed by atoms with van der Waals surface area (Å²) in [5.41, 5.74) is 1.48. The van der Waals surface area contributed by atoms with Crippen LogP contribution in [-0.4, -0.2) is 18.7 Å². The van der Waals surface area contributed by atoms with Crippen LogP contribution in [0.4, 0.5) is 0 Å². The molecule has 0 saturated carbocycles. The number of hydrogen-bond acceptors (Lipinski definition) is 2. The van der Waals surface area contributed by atoms with Crippen LogP contribution in [0, 0.1) is 5.41 Å². The van der Waals surface area contributed by atoms with Crippen molar-refractivity contribution in [2.75, 3.05) is 13.2 Å². The molecule has 0 heterocycles. The van der Waals surface area contributed by atoms with Crippen molar-refractivity contribution in [2.45, 2.75) is 46.8 Å². The van der Waals surface area contributed by atoms with E-state index in [1.54, 1.807) is 0 Å². The summed E-state index contributed by atoms with van der Waals surface area (Å²) in [6.45, 7) is 13.4. The Hall–Kier alpha value is -0.380. The van der Waals surface area contributed by atoms with E-state index in [0.29, 0.717) is 6.61 Å². The zero-order valence-electron chi connectivity index (χ0n) is 12.7. The quantitative estimate of drug-likeness (QED) is 0.837. The van der Waals surface area contributed by atoms with Gasteiger partial charge in [-0.05, 0) is 32.4 Å². The van der Waals surface area contributed by atoms with Gasteiger partial charge in [-0.25, -0.2) is 0 Å². The number of nitrogens with one attached hydrogen (secondary N) is 1. The summed E-state index contributed by atoms with van der Waals surface area (Å²) in [6.07, 6.45) is 0. The Kier molecular flexibility index (Phi) is 6.03. The Morgan fingerprint density at radius 1 is 1.11 bits per heavy atom. The Bertz CT molecular complexity index is 396. The van der Waals surface area contributed by atoms with Gasteiger partial charge in [0.15, 0.2) is 0 Å². The first-order valence-corrected chi connectivity index (χ1v) is 7.55. The largest absolute Gasteiger partial charge is 0.376 e. The van der Waals surface area contributed by atoms with Crippen molar-refractivity contribution in [3.05, 3.63) is 34.3 Å². The van der Waals surface area contributed by atoms with Gasteiger partial charge in [0.1, 0.15) is 0 Å². The number of halogens is 1. The lowest BCUT2D eigenvalue weighted by Crippen LogP contribution is -2.43. The highest BCUT2D eigenvalue weighted by atomic mass is 79.9. The molecule has 0 radical (unpaired) electrons. The Balaban J connectivity index is 2.37. The molecule has 0 aliphatic carbocycles. The molecule has 3 heteroatoms. The zero-order valence-corrected chi connectivity index (χ0v) is 14.3. The highest BCUT2D eigenvalue weighted by Gasteiger charge is 2.21. The lowest BCUT2D eigenvalue weighted by atomic mass is 9.93. The van der Waals surface area contributed by atoms with Crippen molar-refractivity contribution >= 4 is 15.9 Å². The maximum Gasteiger partial charge on any atom is 0.0728 e. The molecule has 2 nitrogen and oxygen atoms in total. The highest BCUT2D eigenvalue weighted by Crippen LogP contribution is 2.20. The zero-order chi connectivity index (χ0) is 14.5. The van der Waals surface area contributed by atoms with E-state index in [-0.39, 0.29) is 11.0 Å². The fraction of sp³-hybridized carbons (Fsp3) is 0.625. The van der Waals surface area contributed by atoms with Crippen LogP contribution < -0.4 is 5.32 Å². The number of rotatable bonds is 6. The van der Waals surface area contributed by atoms with E-state index < -0.39 is 0 Å². The molecule has 0 unspecified atom stereocenters.